The first-order chi connectivity index (χ1) is 12.2. The van der Waals surface area contributed by atoms with Crippen LogP contribution in [-0.4, -0.2) is 46.2 Å². The summed E-state index contributed by atoms with van der Waals surface area (Å²) in [4.78, 5) is 34.1. The van der Waals surface area contributed by atoms with Gasteiger partial charge in [0.15, 0.2) is 0 Å². The standard InChI is InChI=1S/C19H27N3O2S/c23-18(14-4-3-5-14)21-11-7-15(8-12-21)19(24)22-10-2-1-6-16(22)17-20-9-13-25-17/h9,13-16H,1-8,10-12H2/t16-/m1/s1. The minimum absolute atomic E-state index is 0.0750. The molecule has 0 N–H and O–H groups in total. The van der Waals surface area contributed by atoms with E-state index in [2.05, 4.69) is 9.88 Å². The third kappa shape index (κ3) is 3.46. The molecule has 5 nitrogen and oxygen atoms in total. The zero-order chi connectivity index (χ0) is 17.2. The van der Waals surface area contributed by atoms with Crippen LogP contribution < -0.4 is 0 Å². The average Bonchev–Trinajstić information content (AvgIpc) is 3.14. The third-order valence-corrected chi connectivity index (χ3v) is 7.01. The molecule has 2 saturated heterocycles. The van der Waals surface area contributed by atoms with Crippen molar-refractivity contribution in [2.75, 3.05) is 19.6 Å². The summed E-state index contributed by atoms with van der Waals surface area (Å²) < 4.78 is 0. The van der Waals surface area contributed by atoms with Crippen molar-refractivity contribution in [2.45, 2.75) is 57.4 Å². The summed E-state index contributed by atoms with van der Waals surface area (Å²) in [6.45, 7) is 2.35. The largest absolute Gasteiger partial charge is 0.342 e. The van der Waals surface area contributed by atoms with E-state index >= 15 is 0 Å². The van der Waals surface area contributed by atoms with Gasteiger partial charge < -0.3 is 9.80 Å². The van der Waals surface area contributed by atoms with E-state index in [4.69, 9.17) is 0 Å². The lowest BCUT2D eigenvalue weighted by Crippen LogP contribution is -2.48. The van der Waals surface area contributed by atoms with Crippen molar-refractivity contribution in [1.82, 2.24) is 14.8 Å². The summed E-state index contributed by atoms with van der Waals surface area (Å²) in [6.07, 6.45) is 10.1. The minimum atomic E-state index is 0.0750. The Hall–Kier alpha value is -1.43. The monoisotopic (exact) mass is 361 g/mol. The molecule has 1 atom stereocenters. The number of aromatic nitrogens is 1. The molecule has 2 aliphatic heterocycles. The zero-order valence-electron chi connectivity index (χ0n) is 14.7. The van der Waals surface area contributed by atoms with Crippen molar-refractivity contribution in [3.8, 4) is 0 Å². The fourth-order valence-corrected chi connectivity index (χ4v) is 5.13. The zero-order valence-corrected chi connectivity index (χ0v) is 15.5. The molecule has 0 aromatic carbocycles. The number of amides is 2. The average molecular weight is 362 g/mol. The number of hydrogen-bond acceptors (Lipinski definition) is 4. The summed E-state index contributed by atoms with van der Waals surface area (Å²) in [5.74, 6) is 0.959. The number of rotatable bonds is 3. The molecule has 0 bridgehead atoms. The van der Waals surface area contributed by atoms with Crippen molar-refractivity contribution in [2.24, 2.45) is 11.8 Å². The molecule has 2 amide bonds. The van der Waals surface area contributed by atoms with Gasteiger partial charge in [-0.2, -0.15) is 0 Å². The van der Waals surface area contributed by atoms with Gasteiger partial charge in [0.25, 0.3) is 0 Å². The fraction of sp³-hybridized carbons (Fsp3) is 0.737. The molecule has 3 heterocycles. The Kier molecular flexibility index (Phi) is 5.06. The van der Waals surface area contributed by atoms with Crippen LogP contribution in [0.5, 0.6) is 0 Å². The molecule has 6 heteroatoms. The first-order valence-electron chi connectivity index (χ1n) is 9.72. The maximum absolute atomic E-state index is 13.1. The van der Waals surface area contributed by atoms with Crippen LogP contribution in [0.2, 0.25) is 0 Å². The Morgan fingerprint density at radius 2 is 1.68 bits per heavy atom. The normalized spacial score (nSPS) is 25.7. The van der Waals surface area contributed by atoms with Gasteiger partial charge in [-0.25, -0.2) is 4.98 Å². The van der Waals surface area contributed by atoms with Crippen LogP contribution in [0.3, 0.4) is 0 Å². The lowest BCUT2D eigenvalue weighted by molar-refractivity contribution is -0.146. The second-order valence-corrected chi connectivity index (χ2v) is 8.57. The molecule has 25 heavy (non-hydrogen) atoms. The van der Waals surface area contributed by atoms with E-state index in [1.807, 2.05) is 16.5 Å². The molecule has 3 aliphatic rings. The molecule has 1 saturated carbocycles. The van der Waals surface area contributed by atoms with Crippen LogP contribution in [0.25, 0.3) is 0 Å². The highest BCUT2D eigenvalue weighted by atomic mass is 32.1. The van der Waals surface area contributed by atoms with E-state index < -0.39 is 0 Å². The molecule has 1 aromatic heterocycles. The number of likely N-dealkylation sites (tertiary alicyclic amines) is 2. The Bertz CT molecular complexity index is 606. The molecular weight excluding hydrogens is 334 g/mol. The van der Waals surface area contributed by atoms with Crippen molar-refractivity contribution in [1.29, 1.82) is 0 Å². The van der Waals surface area contributed by atoms with E-state index in [9.17, 15) is 9.59 Å². The second-order valence-electron chi connectivity index (χ2n) is 7.64. The van der Waals surface area contributed by atoms with Crippen molar-refractivity contribution < 1.29 is 9.59 Å². The van der Waals surface area contributed by atoms with Crippen molar-refractivity contribution >= 4 is 23.2 Å². The van der Waals surface area contributed by atoms with Gasteiger partial charge in [0.2, 0.25) is 11.8 Å². The highest BCUT2D eigenvalue weighted by Crippen LogP contribution is 2.35. The van der Waals surface area contributed by atoms with Gasteiger partial charge in [0.05, 0.1) is 6.04 Å². The number of carbonyl (C=O) groups is 2. The topological polar surface area (TPSA) is 53.5 Å². The first-order valence-corrected chi connectivity index (χ1v) is 10.6. The summed E-state index contributed by atoms with van der Waals surface area (Å²) in [5, 5.41) is 3.07. The molecule has 0 unspecified atom stereocenters. The molecule has 1 aromatic rings. The number of nitrogens with zero attached hydrogens (tertiary/aromatic N) is 3. The SMILES string of the molecule is O=C(C1CCC1)N1CCC(C(=O)N2CCCC[C@@H]2c2nccs2)CC1. The molecule has 0 spiro atoms. The predicted molar refractivity (Wildman–Crippen MR) is 97.1 cm³/mol. The van der Waals surface area contributed by atoms with Gasteiger partial charge in [-0.15, -0.1) is 11.3 Å². The van der Waals surface area contributed by atoms with E-state index in [0.29, 0.717) is 5.91 Å². The molecule has 1 aliphatic carbocycles. The Morgan fingerprint density at radius 3 is 2.32 bits per heavy atom. The van der Waals surface area contributed by atoms with Gasteiger partial charge in [0, 0.05) is 43.0 Å². The predicted octanol–water partition coefficient (Wildman–Crippen LogP) is 3.24. The second kappa shape index (κ2) is 7.44. The van der Waals surface area contributed by atoms with Crippen molar-refractivity contribution in [3.05, 3.63) is 16.6 Å². The van der Waals surface area contributed by atoms with E-state index in [0.717, 1.165) is 63.2 Å². The summed E-state index contributed by atoms with van der Waals surface area (Å²) >= 11 is 1.66. The number of piperidine rings is 2. The quantitative estimate of drug-likeness (QED) is 0.830. The van der Waals surface area contributed by atoms with Crippen LogP contribution >= 0.6 is 11.3 Å². The lowest BCUT2D eigenvalue weighted by atomic mass is 9.83. The third-order valence-electron chi connectivity index (χ3n) is 6.13. The van der Waals surface area contributed by atoms with E-state index in [-0.39, 0.29) is 23.8 Å². The van der Waals surface area contributed by atoms with Crippen LogP contribution in [0.4, 0.5) is 0 Å². The first kappa shape index (κ1) is 17.0. The number of hydrogen-bond donors (Lipinski definition) is 0. The maximum Gasteiger partial charge on any atom is 0.226 e. The Morgan fingerprint density at radius 1 is 0.920 bits per heavy atom. The summed E-state index contributed by atoms with van der Waals surface area (Å²) in [6, 6.07) is 0.163. The molecule has 0 radical (unpaired) electrons. The molecule has 136 valence electrons. The Labute approximate surface area is 153 Å². The molecule has 4 rings (SSSR count). The van der Waals surface area contributed by atoms with Gasteiger partial charge >= 0.3 is 0 Å². The Balaban J connectivity index is 1.36. The van der Waals surface area contributed by atoms with Crippen LogP contribution in [-0.2, 0) is 9.59 Å². The van der Waals surface area contributed by atoms with E-state index in [1.165, 1.54) is 12.8 Å². The smallest absolute Gasteiger partial charge is 0.226 e. The molecular formula is C19H27N3O2S. The highest BCUT2D eigenvalue weighted by Gasteiger charge is 2.37. The number of thiazole rings is 1. The summed E-state index contributed by atoms with van der Waals surface area (Å²) in [7, 11) is 0. The van der Waals surface area contributed by atoms with Crippen molar-refractivity contribution in [3.63, 3.8) is 0 Å². The van der Waals surface area contributed by atoms with Crippen LogP contribution in [0.1, 0.15) is 62.4 Å². The van der Waals surface area contributed by atoms with Crippen LogP contribution in [0.15, 0.2) is 11.6 Å². The summed E-state index contributed by atoms with van der Waals surface area (Å²) in [5.41, 5.74) is 0. The number of carbonyl (C=O) groups excluding carboxylic acids is 2. The van der Waals surface area contributed by atoms with Gasteiger partial charge in [-0.1, -0.05) is 6.42 Å². The van der Waals surface area contributed by atoms with Gasteiger partial charge in [-0.3, -0.25) is 9.59 Å². The molecule has 3 fully saturated rings. The lowest BCUT2D eigenvalue weighted by Gasteiger charge is -2.40. The fourth-order valence-electron chi connectivity index (χ4n) is 4.35. The minimum Gasteiger partial charge on any atom is -0.342 e. The maximum atomic E-state index is 13.1. The van der Waals surface area contributed by atoms with Gasteiger partial charge in [-0.05, 0) is 44.9 Å². The van der Waals surface area contributed by atoms with Crippen LogP contribution in [0, 0.1) is 11.8 Å². The highest BCUT2D eigenvalue weighted by molar-refractivity contribution is 7.09. The van der Waals surface area contributed by atoms with E-state index in [1.54, 1.807) is 11.3 Å². The van der Waals surface area contributed by atoms with Gasteiger partial charge in [0.1, 0.15) is 5.01 Å².